The van der Waals surface area contributed by atoms with E-state index in [2.05, 4.69) is 19.9 Å². The van der Waals surface area contributed by atoms with E-state index in [4.69, 9.17) is 11.6 Å². The molecular formula is C9H9ClN4S. The summed E-state index contributed by atoms with van der Waals surface area (Å²) < 4.78 is 0. The molecule has 78 valence electrons. The minimum Gasteiger partial charge on any atom is -0.245 e. The quantitative estimate of drug-likeness (QED) is 0.435. The predicted octanol–water partition coefficient (Wildman–Crippen LogP) is 2.41. The Morgan fingerprint density at radius 1 is 1.00 bits per heavy atom. The van der Waals surface area contributed by atoms with Crippen LogP contribution in [0.15, 0.2) is 5.03 Å². The first-order valence-corrected chi connectivity index (χ1v) is 5.94. The second kappa shape index (κ2) is 3.90. The van der Waals surface area contributed by atoms with Gasteiger partial charge in [0.1, 0.15) is 10.5 Å². The molecule has 2 rings (SSSR count). The second-order valence-corrected chi connectivity index (χ2v) is 4.20. The minimum absolute atomic E-state index is 0.212. The Labute approximate surface area is 96.5 Å². The van der Waals surface area contributed by atoms with Crippen molar-refractivity contribution in [1.82, 2.24) is 19.9 Å². The lowest BCUT2D eigenvalue weighted by atomic mass is 10.3. The standard InChI is InChI=1S/C9H9ClN4S/c1-4-5(2)12-7-6(11-4)8(15-3)14-9(10)13-7/h1-3H3. The number of aryl methyl sites for hydroxylation is 2. The second-order valence-electron chi connectivity index (χ2n) is 3.07. The summed E-state index contributed by atoms with van der Waals surface area (Å²) >= 11 is 7.28. The first-order chi connectivity index (χ1) is 7.11. The molecule has 0 bridgehead atoms. The summed E-state index contributed by atoms with van der Waals surface area (Å²) in [6.45, 7) is 3.82. The highest BCUT2D eigenvalue weighted by Crippen LogP contribution is 2.22. The summed E-state index contributed by atoms with van der Waals surface area (Å²) in [6, 6.07) is 0. The monoisotopic (exact) mass is 240 g/mol. The molecule has 0 saturated carbocycles. The van der Waals surface area contributed by atoms with E-state index < -0.39 is 0 Å². The number of thioether (sulfide) groups is 1. The fraction of sp³-hybridized carbons (Fsp3) is 0.333. The van der Waals surface area contributed by atoms with Crippen LogP contribution in [0.3, 0.4) is 0 Å². The van der Waals surface area contributed by atoms with E-state index in [0.717, 1.165) is 21.9 Å². The van der Waals surface area contributed by atoms with Crippen molar-refractivity contribution >= 4 is 34.5 Å². The van der Waals surface area contributed by atoms with E-state index in [0.29, 0.717) is 5.65 Å². The van der Waals surface area contributed by atoms with Crippen molar-refractivity contribution in [3.05, 3.63) is 16.7 Å². The molecule has 0 fully saturated rings. The van der Waals surface area contributed by atoms with Gasteiger partial charge < -0.3 is 0 Å². The van der Waals surface area contributed by atoms with Crippen molar-refractivity contribution in [1.29, 1.82) is 0 Å². The Kier molecular flexibility index (Phi) is 2.75. The van der Waals surface area contributed by atoms with E-state index in [1.54, 1.807) is 0 Å². The molecule has 2 heterocycles. The largest absolute Gasteiger partial charge is 0.245 e. The number of aromatic nitrogens is 4. The molecule has 0 aromatic carbocycles. The molecule has 2 aromatic heterocycles. The Bertz CT molecular complexity index is 529. The van der Waals surface area contributed by atoms with Crippen LogP contribution in [0.1, 0.15) is 11.4 Å². The van der Waals surface area contributed by atoms with Gasteiger partial charge in [-0.15, -0.1) is 11.8 Å². The number of fused-ring (bicyclic) bond motifs is 1. The van der Waals surface area contributed by atoms with Gasteiger partial charge in [0, 0.05) is 0 Å². The molecule has 0 unspecified atom stereocenters. The van der Waals surface area contributed by atoms with Crippen LogP contribution < -0.4 is 0 Å². The van der Waals surface area contributed by atoms with Crippen LogP contribution in [0.25, 0.3) is 11.2 Å². The van der Waals surface area contributed by atoms with Crippen molar-refractivity contribution in [2.75, 3.05) is 6.26 Å². The number of hydrogen-bond donors (Lipinski definition) is 0. The third kappa shape index (κ3) is 1.89. The molecule has 0 N–H and O–H groups in total. The zero-order valence-electron chi connectivity index (χ0n) is 8.58. The maximum Gasteiger partial charge on any atom is 0.225 e. The van der Waals surface area contributed by atoms with Gasteiger partial charge >= 0.3 is 0 Å². The number of rotatable bonds is 1. The first-order valence-electron chi connectivity index (χ1n) is 4.34. The molecule has 2 aromatic rings. The van der Waals surface area contributed by atoms with E-state index in [1.807, 2.05) is 20.1 Å². The molecule has 0 aliphatic heterocycles. The SMILES string of the molecule is CSc1nc(Cl)nc2nc(C)c(C)nc12. The predicted molar refractivity (Wildman–Crippen MR) is 61.4 cm³/mol. The molecule has 0 amide bonds. The highest BCUT2D eigenvalue weighted by Gasteiger charge is 2.10. The molecule has 0 aliphatic carbocycles. The number of hydrogen-bond acceptors (Lipinski definition) is 5. The molecule has 15 heavy (non-hydrogen) atoms. The molecule has 0 radical (unpaired) electrons. The molecular weight excluding hydrogens is 232 g/mol. The summed E-state index contributed by atoms with van der Waals surface area (Å²) in [5.41, 5.74) is 3.03. The van der Waals surface area contributed by atoms with Crippen molar-refractivity contribution in [3.63, 3.8) is 0 Å². The van der Waals surface area contributed by atoms with E-state index >= 15 is 0 Å². The van der Waals surface area contributed by atoms with Gasteiger partial charge in [-0.2, -0.15) is 4.98 Å². The number of nitrogens with zero attached hydrogens (tertiary/aromatic N) is 4. The molecule has 0 atom stereocenters. The fourth-order valence-electron chi connectivity index (χ4n) is 1.20. The van der Waals surface area contributed by atoms with Gasteiger partial charge in [-0.3, -0.25) is 0 Å². The number of halogens is 1. The van der Waals surface area contributed by atoms with Crippen molar-refractivity contribution in [2.45, 2.75) is 18.9 Å². The summed E-state index contributed by atoms with van der Waals surface area (Å²) in [7, 11) is 0. The van der Waals surface area contributed by atoms with Crippen LogP contribution in [0, 0.1) is 13.8 Å². The zero-order valence-corrected chi connectivity index (χ0v) is 10.1. The Balaban J connectivity index is 2.84. The molecule has 0 spiro atoms. The van der Waals surface area contributed by atoms with Crippen molar-refractivity contribution < 1.29 is 0 Å². The van der Waals surface area contributed by atoms with E-state index in [1.165, 1.54) is 11.8 Å². The average Bonchev–Trinajstić information content (AvgIpc) is 2.19. The van der Waals surface area contributed by atoms with Crippen LogP contribution in [0.5, 0.6) is 0 Å². The molecule has 6 heteroatoms. The van der Waals surface area contributed by atoms with Crippen LogP contribution in [-0.2, 0) is 0 Å². The van der Waals surface area contributed by atoms with Gasteiger partial charge in [0.25, 0.3) is 0 Å². The average molecular weight is 241 g/mol. The molecule has 0 saturated heterocycles. The van der Waals surface area contributed by atoms with Crippen molar-refractivity contribution in [3.8, 4) is 0 Å². The summed E-state index contributed by atoms with van der Waals surface area (Å²) in [5.74, 6) is 0. The lowest BCUT2D eigenvalue weighted by Gasteiger charge is -2.04. The van der Waals surface area contributed by atoms with Gasteiger partial charge in [0.2, 0.25) is 5.28 Å². The van der Waals surface area contributed by atoms with E-state index in [9.17, 15) is 0 Å². The Hall–Kier alpha value is -0.940. The topological polar surface area (TPSA) is 51.6 Å². The minimum atomic E-state index is 0.212. The summed E-state index contributed by atoms with van der Waals surface area (Å²) in [5, 5.41) is 0.977. The lowest BCUT2D eigenvalue weighted by Crippen LogP contribution is -1.99. The summed E-state index contributed by atoms with van der Waals surface area (Å²) in [4.78, 5) is 16.9. The van der Waals surface area contributed by atoms with Gasteiger partial charge in [-0.05, 0) is 31.7 Å². The zero-order chi connectivity index (χ0) is 11.0. The Morgan fingerprint density at radius 3 is 2.33 bits per heavy atom. The van der Waals surface area contributed by atoms with Crippen molar-refractivity contribution in [2.24, 2.45) is 0 Å². The fourth-order valence-corrected chi connectivity index (χ4v) is 1.93. The smallest absolute Gasteiger partial charge is 0.225 e. The van der Waals surface area contributed by atoms with Crippen LogP contribution in [0.4, 0.5) is 0 Å². The van der Waals surface area contributed by atoms with Gasteiger partial charge in [-0.1, -0.05) is 0 Å². The van der Waals surface area contributed by atoms with Crippen LogP contribution in [0.2, 0.25) is 5.28 Å². The third-order valence-electron chi connectivity index (χ3n) is 2.08. The van der Waals surface area contributed by atoms with Crippen LogP contribution >= 0.6 is 23.4 Å². The van der Waals surface area contributed by atoms with E-state index in [-0.39, 0.29) is 5.28 Å². The van der Waals surface area contributed by atoms with Crippen LogP contribution in [-0.4, -0.2) is 26.2 Å². The summed E-state index contributed by atoms with van der Waals surface area (Å²) in [6.07, 6.45) is 1.93. The van der Waals surface area contributed by atoms with Gasteiger partial charge in [0.15, 0.2) is 5.65 Å². The van der Waals surface area contributed by atoms with Gasteiger partial charge in [-0.25, -0.2) is 15.0 Å². The maximum absolute atomic E-state index is 5.79. The molecule has 4 nitrogen and oxygen atoms in total. The molecule has 0 aliphatic rings. The highest BCUT2D eigenvalue weighted by molar-refractivity contribution is 7.98. The maximum atomic E-state index is 5.79. The first kappa shape index (κ1) is 10.6. The normalized spacial score (nSPS) is 10.9. The Morgan fingerprint density at radius 2 is 1.67 bits per heavy atom. The lowest BCUT2D eigenvalue weighted by molar-refractivity contribution is 1.01. The van der Waals surface area contributed by atoms with Gasteiger partial charge in [0.05, 0.1) is 11.4 Å². The highest BCUT2D eigenvalue weighted by atomic mass is 35.5. The third-order valence-corrected chi connectivity index (χ3v) is 2.92.